The van der Waals surface area contributed by atoms with Gasteiger partial charge in [-0.15, -0.1) is 0 Å². The van der Waals surface area contributed by atoms with E-state index in [0.717, 1.165) is 12.8 Å². The molecule has 3 nitrogen and oxygen atoms in total. The summed E-state index contributed by atoms with van der Waals surface area (Å²) >= 11 is 0. The Morgan fingerprint density at radius 3 is 1.36 bits per heavy atom. The molecule has 1 fully saturated rings. The summed E-state index contributed by atoms with van der Waals surface area (Å²) in [7, 11) is 0. The summed E-state index contributed by atoms with van der Waals surface area (Å²) in [6.45, 7) is 41.0. The summed E-state index contributed by atoms with van der Waals surface area (Å²) < 4.78 is 0. The van der Waals surface area contributed by atoms with E-state index < -0.39 is 0 Å². The largest absolute Gasteiger partial charge is 0.334 e. The minimum absolute atomic E-state index is 0.00397. The second kappa shape index (κ2) is 18.4. The third-order valence-corrected chi connectivity index (χ3v) is 19.7. The molecule has 4 heteroatoms. The molecular weight excluding hydrogens is 966 g/mol. The van der Waals surface area contributed by atoms with Crippen LogP contribution in [0.3, 0.4) is 0 Å². The van der Waals surface area contributed by atoms with E-state index in [1.807, 2.05) is 0 Å². The highest BCUT2D eigenvalue weighted by Crippen LogP contribution is 2.65. The molecule has 0 saturated heterocycles. The number of rotatable bonds is 5. The number of fused-ring (bicyclic) bond motifs is 7. The SMILES string of the molecule is CC(C)(C)c1ccc(N2c3ccccc3B3c4ccc(C(C)(C)C)cc4N(c4ccc(C(C)(C)C)cc4-c4ccccc4)c4cc(N5c6ccc(C(C)(C)C)cc6C6(C)CC(C(C)(C)C)CCC56C)cc2c43)c(-c2ccccc2)c1. The first-order chi connectivity index (χ1) is 37.6. The minimum atomic E-state index is -0.227. The van der Waals surface area contributed by atoms with Gasteiger partial charge >= 0.3 is 0 Å². The van der Waals surface area contributed by atoms with Gasteiger partial charge in [-0.1, -0.05) is 226 Å². The molecule has 4 aliphatic rings. The molecule has 3 heterocycles. The van der Waals surface area contributed by atoms with E-state index in [0.29, 0.717) is 5.92 Å². The molecule has 3 unspecified atom stereocenters. The second-order valence-electron chi connectivity index (χ2n) is 30.0. The van der Waals surface area contributed by atoms with E-state index in [-0.39, 0.29) is 44.7 Å². The average molecular weight is 1050 g/mol. The zero-order valence-corrected chi connectivity index (χ0v) is 51.3. The van der Waals surface area contributed by atoms with E-state index in [1.165, 1.54) is 118 Å². The third-order valence-electron chi connectivity index (χ3n) is 19.7. The molecule has 0 aromatic heterocycles. The Balaban J connectivity index is 1.24. The van der Waals surface area contributed by atoms with Crippen LogP contribution in [-0.2, 0) is 27.1 Å². The van der Waals surface area contributed by atoms with Crippen LogP contribution in [0, 0.1) is 11.3 Å². The Labute approximate surface area is 481 Å². The zero-order valence-electron chi connectivity index (χ0n) is 51.3. The quantitative estimate of drug-likeness (QED) is 0.159. The monoisotopic (exact) mass is 1050 g/mol. The first-order valence-electron chi connectivity index (χ1n) is 29.9. The van der Waals surface area contributed by atoms with Crippen molar-refractivity contribution in [1.82, 2.24) is 0 Å². The van der Waals surface area contributed by atoms with E-state index in [1.54, 1.807) is 0 Å². The average Bonchev–Trinajstić information content (AvgIpc) is 2.94. The van der Waals surface area contributed by atoms with E-state index >= 15 is 0 Å². The number of para-hydroxylation sites is 1. The third kappa shape index (κ3) is 8.59. The van der Waals surface area contributed by atoms with Crippen molar-refractivity contribution >= 4 is 68.6 Å². The van der Waals surface area contributed by atoms with Crippen LogP contribution in [0.5, 0.6) is 0 Å². The number of nitrogens with zero attached hydrogens (tertiary/aromatic N) is 3. The van der Waals surface area contributed by atoms with Gasteiger partial charge in [0.05, 0.1) is 16.9 Å². The van der Waals surface area contributed by atoms with E-state index in [4.69, 9.17) is 0 Å². The van der Waals surface area contributed by atoms with Gasteiger partial charge in [-0.05, 0) is 169 Å². The van der Waals surface area contributed by atoms with Gasteiger partial charge in [-0.25, -0.2) is 0 Å². The molecule has 80 heavy (non-hydrogen) atoms. The summed E-state index contributed by atoms with van der Waals surface area (Å²) in [6, 6.07) is 66.7. The summed E-state index contributed by atoms with van der Waals surface area (Å²) in [5, 5.41) is 0. The lowest BCUT2D eigenvalue weighted by Crippen LogP contribution is -2.61. The molecule has 1 saturated carbocycles. The van der Waals surface area contributed by atoms with Crippen molar-refractivity contribution < 1.29 is 0 Å². The van der Waals surface area contributed by atoms with Crippen molar-refractivity contribution in [3.8, 4) is 22.3 Å². The molecule has 3 aliphatic heterocycles. The second-order valence-corrected chi connectivity index (χ2v) is 30.0. The topological polar surface area (TPSA) is 9.72 Å². The molecule has 12 rings (SSSR count). The Hall–Kier alpha value is -6.78. The summed E-state index contributed by atoms with van der Waals surface area (Å²) in [5.74, 6) is 0.591. The van der Waals surface area contributed by atoms with Gasteiger partial charge in [-0.3, -0.25) is 0 Å². The fraction of sp³-hybridized carbons (Fsp3) is 0.368. The first kappa shape index (κ1) is 53.8. The molecule has 0 N–H and O–H groups in total. The number of hydrogen-bond acceptors (Lipinski definition) is 3. The van der Waals surface area contributed by atoms with Gasteiger partial charge in [0.15, 0.2) is 0 Å². The first-order valence-corrected chi connectivity index (χ1v) is 29.9. The molecule has 3 atom stereocenters. The molecular formula is C76H86BN3. The summed E-state index contributed by atoms with van der Waals surface area (Å²) in [6.07, 6.45) is 3.41. The fourth-order valence-electron chi connectivity index (χ4n) is 14.5. The van der Waals surface area contributed by atoms with E-state index in [9.17, 15) is 0 Å². The maximum absolute atomic E-state index is 2.86. The molecule has 408 valence electrons. The van der Waals surface area contributed by atoms with Crippen LogP contribution in [-0.4, -0.2) is 12.3 Å². The van der Waals surface area contributed by atoms with Crippen molar-refractivity contribution in [2.24, 2.45) is 11.3 Å². The van der Waals surface area contributed by atoms with Crippen LogP contribution in [0.2, 0.25) is 0 Å². The van der Waals surface area contributed by atoms with Gasteiger partial charge in [0.2, 0.25) is 0 Å². The van der Waals surface area contributed by atoms with Gasteiger partial charge in [0.1, 0.15) is 0 Å². The van der Waals surface area contributed by atoms with Gasteiger partial charge in [-0.2, -0.15) is 0 Å². The van der Waals surface area contributed by atoms with Crippen LogP contribution in [0.25, 0.3) is 22.3 Å². The predicted molar refractivity (Wildman–Crippen MR) is 347 cm³/mol. The molecule has 0 spiro atoms. The predicted octanol–water partition coefficient (Wildman–Crippen LogP) is 19.3. The summed E-state index contributed by atoms with van der Waals surface area (Å²) in [4.78, 5) is 8.25. The maximum Gasteiger partial charge on any atom is 0.252 e. The highest BCUT2D eigenvalue weighted by molar-refractivity contribution is 7.00. The van der Waals surface area contributed by atoms with Gasteiger partial charge in [0.25, 0.3) is 6.71 Å². The standard InChI is InChI=1S/C76H86BN3/c1-70(2,3)51-33-37-62(57(42-51)49-26-20-18-21-27-49)78-65-31-25-24-30-60(65)77-61-36-32-54(73(10,11)12)45-66(61)79(63-38-34-52(71(4,5)6)43-58(63)50-28-22-19-23-29-50)68-47-56(46-67(78)69(68)77)80-64-39-35-53(72(7,8)9)44-59(64)75(16)48-55(74(13,14)15)40-41-76(75,80)17/h18-39,42-47,55H,40-41,48H2,1-17H3. The molecule has 8 aromatic rings. The molecule has 1 aliphatic carbocycles. The van der Waals surface area contributed by atoms with Gasteiger partial charge < -0.3 is 14.7 Å². The molecule has 0 amide bonds. The van der Waals surface area contributed by atoms with Crippen molar-refractivity contribution in [2.45, 2.75) is 170 Å². The Kier molecular flexibility index (Phi) is 12.4. The number of benzene rings is 8. The summed E-state index contributed by atoms with van der Waals surface area (Å²) in [5.41, 5.74) is 25.3. The maximum atomic E-state index is 2.86. The smallest absolute Gasteiger partial charge is 0.252 e. The highest BCUT2D eigenvalue weighted by atomic mass is 15.3. The Bertz CT molecular complexity index is 3720. The van der Waals surface area contributed by atoms with Crippen LogP contribution in [0.4, 0.5) is 45.5 Å². The minimum Gasteiger partial charge on any atom is -0.334 e. The highest BCUT2D eigenvalue weighted by Gasteiger charge is 2.61. The molecule has 0 radical (unpaired) electrons. The normalized spacial score (nSPS) is 19.8. The molecule has 0 bridgehead atoms. The number of hydrogen-bond donors (Lipinski definition) is 0. The Morgan fingerprint density at radius 1 is 0.412 bits per heavy atom. The number of anilines is 8. The van der Waals surface area contributed by atoms with Crippen molar-refractivity contribution in [3.05, 3.63) is 198 Å². The lowest BCUT2D eigenvalue weighted by molar-refractivity contribution is 0.0786. The van der Waals surface area contributed by atoms with Crippen molar-refractivity contribution in [2.75, 3.05) is 14.7 Å². The van der Waals surface area contributed by atoms with Crippen LogP contribution < -0.4 is 31.1 Å². The van der Waals surface area contributed by atoms with E-state index in [2.05, 4.69) is 302 Å². The van der Waals surface area contributed by atoms with Crippen LogP contribution in [0.15, 0.2) is 170 Å². The zero-order chi connectivity index (χ0) is 56.9. The molecule has 8 aromatic carbocycles. The lowest BCUT2D eigenvalue weighted by atomic mass is 9.33. The Morgan fingerprint density at radius 2 is 0.850 bits per heavy atom. The van der Waals surface area contributed by atoms with Crippen molar-refractivity contribution in [1.29, 1.82) is 0 Å². The van der Waals surface area contributed by atoms with Crippen LogP contribution in [0.1, 0.15) is 165 Å². The van der Waals surface area contributed by atoms with Crippen molar-refractivity contribution in [3.63, 3.8) is 0 Å². The lowest BCUT2D eigenvalue weighted by Gasteiger charge is -2.55. The van der Waals surface area contributed by atoms with Gasteiger partial charge in [0, 0.05) is 50.7 Å². The van der Waals surface area contributed by atoms with Crippen LogP contribution >= 0.6 is 0 Å². The fourth-order valence-corrected chi connectivity index (χ4v) is 14.5.